The van der Waals surface area contributed by atoms with Gasteiger partial charge in [0.1, 0.15) is 6.61 Å². The van der Waals surface area contributed by atoms with Crippen LogP contribution in [0, 0.1) is 0 Å². The Morgan fingerprint density at radius 3 is 2.63 bits per heavy atom. The predicted octanol–water partition coefficient (Wildman–Crippen LogP) is 2.50. The third kappa shape index (κ3) is 8.42. The van der Waals surface area contributed by atoms with Crippen molar-refractivity contribution in [3.8, 4) is 0 Å². The van der Waals surface area contributed by atoms with Gasteiger partial charge in [0.25, 0.3) is 0 Å². The molecule has 0 radical (unpaired) electrons. The van der Waals surface area contributed by atoms with Gasteiger partial charge in [-0.3, -0.25) is 0 Å². The largest absolute Gasteiger partial charge is 0.460 e. The number of carbonyl (C=O) groups excluding carboxylic acids is 1. The van der Waals surface area contributed by atoms with Crippen LogP contribution in [0.1, 0.15) is 0 Å². The SMILES string of the molecule is COCCOCCOC(=O)C=CSc1ccccc1. The molecule has 0 saturated heterocycles. The molecule has 0 aliphatic carbocycles. The molecule has 5 heteroatoms. The van der Waals surface area contributed by atoms with E-state index in [2.05, 4.69) is 0 Å². The summed E-state index contributed by atoms with van der Waals surface area (Å²) in [5.74, 6) is -0.362. The van der Waals surface area contributed by atoms with Gasteiger partial charge in [0, 0.05) is 18.1 Å². The fourth-order valence-corrected chi connectivity index (χ4v) is 1.81. The lowest BCUT2D eigenvalue weighted by molar-refractivity contribution is -0.139. The minimum atomic E-state index is -0.362. The summed E-state index contributed by atoms with van der Waals surface area (Å²) < 4.78 is 14.9. The highest BCUT2D eigenvalue weighted by atomic mass is 32.2. The highest BCUT2D eigenvalue weighted by molar-refractivity contribution is 8.02. The lowest BCUT2D eigenvalue weighted by Crippen LogP contribution is -2.10. The quantitative estimate of drug-likeness (QED) is 0.301. The molecule has 104 valence electrons. The first-order valence-corrected chi connectivity index (χ1v) is 6.82. The molecule has 0 aliphatic rings. The monoisotopic (exact) mass is 282 g/mol. The van der Waals surface area contributed by atoms with E-state index >= 15 is 0 Å². The Kier molecular flexibility index (Phi) is 8.80. The molecule has 1 rings (SSSR count). The summed E-state index contributed by atoms with van der Waals surface area (Å²) in [6, 6.07) is 9.80. The highest BCUT2D eigenvalue weighted by Crippen LogP contribution is 2.17. The Hall–Kier alpha value is -1.30. The van der Waals surface area contributed by atoms with Crippen LogP contribution in [0.2, 0.25) is 0 Å². The lowest BCUT2D eigenvalue weighted by Gasteiger charge is -2.03. The maximum absolute atomic E-state index is 11.3. The van der Waals surface area contributed by atoms with E-state index in [1.165, 1.54) is 17.8 Å². The molecule has 0 fully saturated rings. The lowest BCUT2D eigenvalue weighted by atomic mass is 10.4. The van der Waals surface area contributed by atoms with Gasteiger partial charge in [-0.05, 0) is 17.5 Å². The van der Waals surface area contributed by atoms with Crippen LogP contribution in [0.15, 0.2) is 46.7 Å². The van der Waals surface area contributed by atoms with Gasteiger partial charge in [-0.25, -0.2) is 4.79 Å². The van der Waals surface area contributed by atoms with E-state index in [1.807, 2.05) is 30.3 Å². The molecule has 19 heavy (non-hydrogen) atoms. The van der Waals surface area contributed by atoms with Gasteiger partial charge in [-0.1, -0.05) is 30.0 Å². The molecule has 1 aromatic carbocycles. The van der Waals surface area contributed by atoms with Gasteiger partial charge in [0.2, 0.25) is 0 Å². The summed E-state index contributed by atoms with van der Waals surface area (Å²) in [4.78, 5) is 12.4. The van der Waals surface area contributed by atoms with Gasteiger partial charge >= 0.3 is 5.97 Å². The highest BCUT2D eigenvalue weighted by Gasteiger charge is 1.96. The number of methoxy groups -OCH3 is 1. The van der Waals surface area contributed by atoms with E-state index in [4.69, 9.17) is 14.2 Å². The number of thioether (sulfide) groups is 1. The molecule has 4 nitrogen and oxygen atoms in total. The van der Waals surface area contributed by atoms with E-state index in [1.54, 1.807) is 12.5 Å². The van der Waals surface area contributed by atoms with Crippen LogP contribution < -0.4 is 0 Å². The first-order valence-electron chi connectivity index (χ1n) is 5.94. The fraction of sp³-hybridized carbons (Fsp3) is 0.357. The Balaban J connectivity index is 2.07. The zero-order chi connectivity index (χ0) is 13.8. The van der Waals surface area contributed by atoms with Crippen LogP contribution in [0.25, 0.3) is 0 Å². The molecule has 0 amide bonds. The number of esters is 1. The Labute approximate surface area is 117 Å². The first-order chi connectivity index (χ1) is 9.33. The van der Waals surface area contributed by atoms with E-state index in [0.717, 1.165) is 4.90 Å². The first kappa shape index (κ1) is 15.8. The number of ether oxygens (including phenoxy) is 3. The molecule has 0 unspecified atom stereocenters. The predicted molar refractivity (Wildman–Crippen MR) is 75.1 cm³/mol. The molecule has 0 aliphatic heterocycles. The van der Waals surface area contributed by atoms with Gasteiger partial charge in [-0.15, -0.1) is 0 Å². The third-order valence-electron chi connectivity index (χ3n) is 2.06. The normalized spacial score (nSPS) is 10.8. The minimum absolute atomic E-state index is 0.253. The Morgan fingerprint density at radius 2 is 1.89 bits per heavy atom. The van der Waals surface area contributed by atoms with E-state index in [-0.39, 0.29) is 12.6 Å². The second-order valence-corrected chi connectivity index (χ2v) is 4.49. The van der Waals surface area contributed by atoms with Crippen molar-refractivity contribution in [1.29, 1.82) is 0 Å². The van der Waals surface area contributed by atoms with Crippen molar-refractivity contribution in [3.05, 3.63) is 41.8 Å². The molecule has 0 heterocycles. The second kappa shape index (κ2) is 10.6. The van der Waals surface area contributed by atoms with Crippen molar-refractivity contribution < 1.29 is 19.0 Å². The molecule has 0 spiro atoms. The number of hydrogen-bond acceptors (Lipinski definition) is 5. The van der Waals surface area contributed by atoms with E-state index in [0.29, 0.717) is 19.8 Å². The van der Waals surface area contributed by atoms with Crippen molar-refractivity contribution in [2.24, 2.45) is 0 Å². The number of carbonyl (C=O) groups is 1. The Morgan fingerprint density at radius 1 is 1.16 bits per heavy atom. The molecule has 0 atom stereocenters. The molecule has 0 aromatic heterocycles. The van der Waals surface area contributed by atoms with Crippen LogP contribution >= 0.6 is 11.8 Å². The van der Waals surface area contributed by atoms with Crippen LogP contribution in [0.5, 0.6) is 0 Å². The van der Waals surface area contributed by atoms with Gasteiger partial charge in [0.15, 0.2) is 0 Å². The van der Waals surface area contributed by atoms with Crippen molar-refractivity contribution in [1.82, 2.24) is 0 Å². The second-order valence-electron chi connectivity index (χ2n) is 3.51. The molecule has 0 N–H and O–H groups in total. The van der Waals surface area contributed by atoms with Crippen LogP contribution in [0.3, 0.4) is 0 Å². The van der Waals surface area contributed by atoms with E-state index in [9.17, 15) is 4.79 Å². The molecular formula is C14H18O4S. The average Bonchev–Trinajstić information content (AvgIpc) is 2.44. The molecule has 0 saturated carbocycles. The summed E-state index contributed by atoms with van der Waals surface area (Å²) in [7, 11) is 1.61. The molecular weight excluding hydrogens is 264 g/mol. The van der Waals surface area contributed by atoms with Gasteiger partial charge in [0.05, 0.1) is 19.8 Å². The van der Waals surface area contributed by atoms with Gasteiger partial charge in [-0.2, -0.15) is 0 Å². The van der Waals surface area contributed by atoms with Crippen molar-refractivity contribution in [2.75, 3.05) is 33.5 Å². The van der Waals surface area contributed by atoms with Crippen molar-refractivity contribution >= 4 is 17.7 Å². The number of hydrogen-bond donors (Lipinski definition) is 0. The van der Waals surface area contributed by atoms with Crippen LogP contribution in [0.4, 0.5) is 0 Å². The number of benzene rings is 1. The standard InChI is InChI=1S/C14H18O4S/c1-16-8-9-17-10-11-18-14(15)7-12-19-13-5-3-2-4-6-13/h2-7,12H,8-11H2,1H3. The number of rotatable bonds is 9. The summed E-state index contributed by atoms with van der Waals surface area (Å²) in [5.41, 5.74) is 0. The maximum atomic E-state index is 11.3. The smallest absolute Gasteiger partial charge is 0.331 e. The molecule has 0 bridgehead atoms. The fourth-order valence-electron chi connectivity index (χ4n) is 1.16. The van der Waals surface area contributed by atoms with Gasteiger partial charge < -0.3 is 14.2 Å². The maximum Gasteiger partial charge on any atom is 0.331 e. The van der Waals surface area contributed by atoms with E-state index < -0.39 is 0 Å². The summed E-state index contributed by atoms with van der Waals surface area (Å²) in [6.45, 7) is 1.69. The zero-order valence-corrected chi connectivity index (χ0v) is 11.7. The summed E-state index contributed by atoms with van der Waals surface area (Å²) in [5, 5.41) is 1.71. The average molecular weight is 282 g/mol. The van der Waals surface area contributed by atoms with Crippen LogP contribution in [-0.2, 0) is 19.0 Å². The van der Waals surface area contributed by atoms with Crippen molar-refractivity contribution in [3.63, 3.8) is 0 Å². The third-order valence-corrected chi connectivity index (χ3v) is 2.87. The Bertz CT molecular complexity index is 378. The topological polar surface area (TPSA) is 44.8 Å². The zero-order valence-electron chi connectivity index (χ0n) is 10.9. The van der Waals surface area contributed by atoms with Crippen molar-refractivity contribution in [2.45, 2.75) is 4.90 Å². The molecule has 1 aromatic rings. The van der Waals surface area contributed by atoms with Crippen LogP contribution in [-0.4, -0.2) is 39.5 Å². The summed E-state index contributed by atoms with van der Waals surface area (Å²) >= 11 is 1.47. The summed E-state index contributed by atoms with van der Waals surface area (Å²) in [6.07, 6.45) is 1.41. The minimum Gasteiger partial charge on any atom is -0.460 e.